The smallest absolute Gasteiger partial charge is 0.0489 e. The second-order valence-corrected chi connectivity index (χ2v) is 3.57. The van der Waals surface area contributed by atoms with Crippen LogP contribution in [0.15, 0.2) is 48.8 Å². The fourth-order valence-corrected chi connectivity index (χ4v) is 1.68. The molecule has 0 spiro atoms. The van der Waals surface area contributed by atoms with Crippen molar-refractivity contribution < 1.29 is 0 Å². The topological polar surface area (TPSA) is 43.8 Å². The van der Waals surface area contributed by atoms with Crippen LogP contribution in [0.3, 0.4) is 0 Å². The molecule has 2 rings (SSSR count). The Balaban J connectivity index is 2.12. The molecule has 0 fully saturated rings. The van der Waals surface area contributed by atoms with E-state index in [0.29, 0.717) is 12.5 Å². The highest BCUT2D eigenvalue weighted by Gasteiger charge is 2.09. The van der Waals surface area contributed by atoms with E-state index in [4.69, 9.17) is 5.73 Å². The number of rotatable bonds is 4. The predicted molar refractivity (Wildman–Crippen MR) is 60.5 cm³/mol. The lowest BCUT2D eigenvalue weighted by Gasteiger charge is -2.14. The Morgan fingerprint density at radius 3 is 2.60 bits per heavy atom. The molecule has 2 aromatic rings. The molecular formula is C12H15N3. The molecule has 0 aliphatic rings. The lowest BCUT2D eigenvalue weighted by molar-refractivity contribution is 0.521. The summed E-state index contributed by atoms with van der Waals surface area (Å²) in [4.78, 5) is 0. The minimum Gasteiger partial charge on any atom is -0.330 e. The van der Waals surface area contributed by atoms with Crippen LogP contribution in [0.25, 0.3) is 0 Å². The first-order valence-electron chi connectivity index (χ1n) is 5.12. The van der Waals surface area contributed by atoms with Crippen molar-refractivity contribution in [2.75, 3.05) is 6.54 Å². The number of aromatic nitrogens is 2. The quantitative estimate of drug-likeness (QED) is 0.817. The molecule has 1 aromatic carbocycles. The van der Waals surface area contributed by atoms with Crippen molar-refractivity contribution in [3.8, 4) is 0 Å². The van der Waals surface area contributed by atoms with E-state index in [0.717, 1.165) is 6.54 Å². The Bertz CT molecular complexity index is 381. The average molecular weight is 201 g/mol. The van der Waals surface area contributed by atoms with Crippen LogP contribution >= 0.6 is 0 Å². The van der Waals surface area contributed by atoms with Gasteiger partial charge in [-0.25, -0.2) is 0 Å². The van der Waals surface area contributed by atoms with E-state index in [2.05, 4.69) is 17.2 Å². The molecule has 15 heavy (non-hydrogen) atoms. The van der Waals surface area contributed by atoms with Crippen LogP contribution in [0.4, 0.5) is 0 Å². The second kappa shape index (κ2) is 4.75. The lowest BCUT2D eigenvalue weighted by atomic mass is 9.99. The third-order valence-electron chi connectivity index (χ3n) is 2.52. The van der Waals surface area contributed by atoms with Crippen molar-refractivity contribution in [1.82, 2.24) is 9.78 Å². The summed E-state index contributed by atoms with van der Waals surface area (Å²) < 4.78 is 1.92. The number of benzene rings is 1. The van der Waals surface area contributed by atoms with Gasteiger partial charge in [-0.1, -0.05) is 30.3 Å². The molecule has 78 valence electrons. The molecule has 1 atom stereocenters. The van der Waals surface area contributed by atoms with E-state index >= 15 is 0 Å². The van der Waals surface area contributed by atoms with Gasteiger partial charge in [-0.3, -0.25) is 4.68 Å². The van der Waals surface area contributed by atoms with E-state index in [9.17, 15) is 0 Å². The summed E-state index contributed by atoms with van der Waals surface area (Å²) in [5, 5.41) is 4.19. The first-order valence-corrected chi connectivity index (χ1v) is 5.12. The number of nitrogens with two attached hydrogens (primary N) is 1. The molecule has 0 radical (unpaired) electrons. The Hall–Kier alpha value is -1.61. The van der Waals surface area contributed by atoms with Crippen molar-refractivity contribution >= 4 is 0 Å². The summed E-state index contributed by atoms with van der Waals surface area (Å²) in [7, 11) is 0. The SMILES string of the molecule is NCC(Cn1cccn1)c1ccccc1. The van der Waals surface area contributed by atoms with Gasteiger partial charge in [0.15, 0.2) is 0 Å². The zero-order chi connectivity index (χ0) is 10.5. The molecule has 1 heterocycles. The maximum atomic E-state index is 5.78. The lowest BCUT2D eigenvalue weighted by Crippen LogP contribution is -2.18. The van der Waals surface area contributed by atoms with Gasteiger partial charge >= 0.3 is 0 Å². The minimum absolute atomic E-state index is 0.339. The Morgan fingerprint density at radius 1 is 1.20 bits per heavy atom. The van der Waals surface area contributed by atoms with Crippen molar-refractivity contribution in [1.29, 1.82) is 0 Å². The van der Waals surface area contributed by atoms with Gasteiger partial charge in [-0.15, -0.1) is 0 Å². The van der Waals surface area contributed by atoms with Gasteiger partial charge in [-0.2, -0.15) is 5.10 Å². The maximum Gasteiger partial charge on any atom is 0.0489 e. The molecule has 2 N–H and O–H groups in total. The van der Waals surface area contributed by atoms with Crippen LogP contribution in [-0.4, -0.2) is 16.3 Å². The van der Waals surface area contributed by atoms with E-state index < -0.39 is 0 Å². The van der Waals surface area contributed by atoms with Gasteiger partial charge in [0, 0.05) is 31.4 Å². The second-order valence-electron chi connectivity index (χ2n) is 3.57. The molecule has 0 bridgehead atoms. The molecule has 0 amide bonds. The van der Waals surface area contributed by atoms with E-state index in [1.54, 1.807) is 6.20 Å². The van der Waals surface area contributed by atoms with Gasteiger partial charge < -0.3 is 5.73 Å². The molecule has 1 aromatic heterocycles. The van der Waals surface area contributed by atoms with E-state index in [1.165, 1.54) is 5.56 Å². The Kier molecular flexibility index (Phi) is 3.15. The fourth-order valence-electron chi connectivity index (χ4n) is 1.68. The Morgan fingerprint density at radius 2 is 2.00 bits per heavy atom. The third-order valence-corrected chi connectivity index (χ3v) is 2.52. The van der Waals surface area contributed by atoms with Crippen LogP contribution in [-0.2, 0) is 6.54 Å². The van der Waals surface area contributed by atoms with Gasteiger partial charge in [0.2, 0.25) is 0 Å². The van der Waals surface area contributed by atoms with E-state index in [1.807, 2.05) is 35.1 Å². The Labute approximate surface area is 89.5 Å². The van der Waals surface area contributed by atoms with Crippen LogP contribution in [0.1, 0.15) is 11.5 Å². The van der Waals surface area contributed by atoms with Crippen LogP contribution in [0.2, 0.25) is 0 Å². The van der Waals surface area contributed by atoms with Crippen molar-refractivity contribution in [3.05, 3.63) is 54.4 Å². The van der Waals surface area contributed by atoms with Crippen LogP contribution in [0, 0.1) is 0 Å². The zero-order valence-electron chi connectivity index (χ0n) is 8.58. The largest absolute Gasteiger partial charge is 0.330 e. The maximum absolute atomic E-state index is 5.78. The summed E-state index contributed by atoms with van der Waals surface area (Å²) in [6, 6.07) is 12.3. The summed E-state index contributed by atoms with van der Waals surface area (Å²) in [6.07, 6.45) is 3.75. The summed E-state index contributed by atoms with van der Waals surface area (Å²) in [5.41, 5.74) is 7.05. The van der Waals surface area contributed by atoms with Crippen molar-refractivity contribution in [3.63, 3.8) is 0 Å². The average Bonchev–Trinajstić information content (AvgIpc) is 2.80. The monoisotopic (exact) mass is 201 g/mol. The molecule has 3 nitrogen and oxygen atoms in total. The fraction of sp³-hybridized carbons (Fsp3) is 0.250. The first kappa shape index (κ1) is 9.93. The summed E-state index contributed by atoms with van der Waals surface area (Å²) in [5.74, 6) is 0.339. The first-order chi connectivity index (χ1) is 7.40. The van der Waals surface area contributed by atoms with Crippen LogP contribution < -0.4 is 5.73 Å². The highest BCUT2D eigenvalue weighted by molar-refractivity contribution is 5.19. The highest BCUT2D eigenvalue weighted by atomic mass is 15.3. The standard InChI is InChI=1S/C12H15N3/c13-9-12(10-15-8-4-7-14-15)11-5-2-1-3-6-11/h1-8,12H,9-10,13H2. The van der Waals surface area contributed by atoms with Crippen LogP contribution in [0.5, 0.6) is 0 Å². The molecule has 0 aliphatic carbocycles. The normalized spacial score (nSPS) is 12.6. The molecule has 3 heteroatoms. The van der Waals surface area contributed by atoms with Crippen molar-refractivity contribution in [2.24, 2.45) is 5.73 Å². The van der Waals surface area contributed by atoms with Gasteiger partial charge in [0.1, 0.15) is 0 Å². The van der Waals surface area contributed by atoms with Gasteiger partial charge in [0.25, 0.3) is 0 Å². The molecular weight excluding hydrogens is 186 g/mol. The number of hydrogen-bond donors (Lipinski definition) is 1. The van der Waals surface area contributed by atoms with Crippen molar-refractivity contribution in [2.45, 2.75) is 12.5 Å². The van der Waals surface area contributed by atoms with Gasteiger partial charge in [0.05, 0.1) is 0 Å². The van der Waals surface area contributed by atoms with Gasteiger partial charge in [-0.05, 0) is 11.6 Å². The molecule has 0 saturated heterocycles. The summed E-state index contributed by atoms with van der Waals surface area (Å²) >= 11 is 0. The molecule has 0 aliphatic heterocycles. The minimum atomic E-state index is 0.339. The molecule has 1 unspecified atom stereocenters. The third kappa shape index (κ3) is 2.44. The summed E-state index contributed by atoms with van der Waals surface area (Å²) in [6.45, 7) is 1.48. The predicted octanol–water partition coefficient (Wildman–Crippen LogP) is 1.63. The molecule has 0 saturated carbocycles. The highest BCUT2D eigenvalue weighted by Crippen LogP contribution is 2.15. The zero-order valence-corrected chi connectivity index (χ0v) is 8.58. The van der Waals surface area contributed by atoms with E-state index in [-0.39, 0.29) is 0 Å². The number of hydrogen-bond acceptors (Lipinski definition) is 2. The number of nitrogens with zero attached hydrogens (tertiary/aromatic N) is 2.